The molecule has 1 aromatic carbocycles. The Labute approximate surface area is 81.9 Å². The van der Waals surface area contributed by atoms with Gasteiger partial charge in [-0.15, -0.1) is 0 Å². The molecule has 68 valence electrons. The molecule has 2 aromatic rings. The Morgan fingerprint density at radius 1 is 1.46 bits per heavy atom. The summed E-state index contributed by atoms with van der Waals surface area (Å²) in [6.07, 6.45) is 1.96. The van der Waals surface area contributed by atoms with Gasteiger partial charge in [0.2, 0.25) is 0 Å². The van der Waals surface area contributed by atoms with Crippen molar-refractivity contribution < 1.29 is 0 Å². The first-order chi connectivity index (χ1) is 6.31. The fourth-order valence-electron chi connectivity index (χ4n) is 1.43. The van der Waals surface area contributed by atoms with Crippen LogP contribution in [-0.4, -0.2) is 11.5 Å². The lowest BCUT2D eigenvalue weighted by Crippen LogP contribution is -1.94. The first-order valence-electron chi connectivity index (χ1n) is 4.32. The van der Waals surface area contributed by atoms with Crippen LogP contribution < -0.4 is 5.32 Å². The second kappa shape index (κ2) is 3.30. The Bertz CT molecular complexity index is 420. The van der Waals surface area contributed by atoms with E-state index in [1.165, 1.54) is 0 Å². The summed E-state index contributed by atoms with van der Waals surface area (Å²) < 4.78 is 0. The molecule has 0 aliphatic rings. The van der Waals surface area contributed by atoms with E-state index in [-0.39, 0.29) is 0 Å². The molecular formula is C10H11ClN2. The number of H-pyrrole nitrogens is 1. The molecule has 0 aliphatic heterocycles. The lowest BCUT2D eigenvalue weighted by atomic mass is 10.2. The number of fused-ring (bicyclic) bond motifs is 1. The van der Waals surface area contributed by atoms with Crippen molar-refractivity contribution in [2.75, 3.05) is 11.9 Å². The van der Waals surface area contributed by atoms with Crippen LogP contribution in [0.5, 0.6) is 0 Å². The Morgan fingerprint density at radius 3 is 3.08 bits per heavy atom. The largest absolute Gasteiger partial charge is 0.384 e. The van der Waals surface area contributed by atoms with Crippen LogP contribution in [0.2, 0.25) is 5.02 Å². The van der Waals surface area contributed by atoms with E-state index in [1.54, 1.807) is 0 Å². The van der Waals surface area contributed by atoms with Gasteiger partial charge in [0.25, 0.3) is 0 Å². The Kier molecular flexibility index (Phi) is 2.15. The quantitative estimate of drug-likeness (QED) is 0.755. The molecule has 1 aromatic heterocycles. The molecule has 3 heteroatoms. The lowest BCUT2D eigenvalue weighted by Gasteiger charge is -1.99. The Morgan fingerprint density at radius 2 is 2.31 bits per heavy atom. The number of benzene rings is 1. The summed E-state index contributed by atoms with van der Waals surface area (Å²) in [7, 11) is 0. The maximum Gasteiger partial charge on any atom is 0.0598 e. The molecule has 0 unspecified atom stereocenters. The summed E-state index contributed by atoms with van der Waals surface area (Å²) in [5, 5.41) is 5.19. The van der Waals surface area contributed by atoms with Crippen LogP contribution in [0.1, 0.15) is 6.92 Å². The highest BCUT2D eigenvalue weighted by molar-refractivity contribution is 6.31. The second-order valence-electron chi connectivity index (χ2n) is 2.92. The zero-order valence-electron chi connectivity index (χ0n) is 7.39. The highest BCUT2D eigenvalue weighted by Gasteiger charge is 2.01. The smallest absolute Gasteiger partial charge is 0.0598 e. The molecule has 2 N–H and O–H groups in total. The molecule has 1 heterocycles. The van der Waals surface area contributed by atoms with Gasteiger partial charge >= 0.3 is 0 Å². The highest BCUT2D eigenvalue weighted by atomic mass is 35.5. The van der Waals surface area contributed by atoms with Crippen molar-refractivity contribution >= 4 is 28.2 Å². The van der Waals surface area contributed by atoms with Gasteiger partial charge in [-0.25, -0.2) is 0 Å². The van der Waals surface area contributed by atoms with Crippen LogP contribution in [0.25, 0.3) is 10.9 Å². The van der Waals surface area contributed by atoms with Crippen molar-refractivity contribution in [1.29, 1.82) is 0 Å². The average Bonchev–Trinajstić information content (AvgIpc) is 2.49. The number of halogens is 1. The predicted molar refractivity (Wildman–Crippen MR) is 57.5 cm³/mol. The van der Waals surface area contributed by atoms with Gasteiger partial charge in [0.15, 0.2) is 0 Å². The molecule has 13 heavy (non-hydrogen) atoms. The van der Waals surface area contributed by atoms with E-state index in [0.29, 0.717) is 0 Å². The van der Waals surface area contributed by atoms with Crippen LogP contribution in [0.15, 0.2) is 24.4 Å². The second-order valence-corrected chi connectivity index (χ2v) is 3.36. The zero-order chi connectivity index (χ0) is 9.26. The molecule has 0 amide bonds. The number of aromatic amines is 1. The summed E-state index contributed by atoms with van der Waals surface area (Å²) >= 11 is 5.91. The zero-order valence-corrected chi connectivity index (χ0v) is 8.15. The molecule has 2 rings (SSSR count). The number of aromatic nitrogens is 1. The molecule has 0 aliphatic carbocycles. The van der Waals surface area contributed by atoms with Crippen LogP contribution in [0.4, 0.5) is 5.69 Å². The Balaban J connectivity index is 2.58. The van der Waals surface area contributed by atoms with Gasteiger partial charge in [0, 0.05) is 28.7 Å². The van der Waals surface area contributed by atoms with E-state index >= 15 is 0 Å². The van der Waals surface area contributed by atoms with E-state index in [9.17, 15) is 0 Å². The van der Waals surface area contributed by atoms with E-state index in [4.69, 9.17) is 11.6 Å². The van der Waals surface area contributed by atoms with E-state index < -0.39 is 0 Å². The Hall–Kier alpha value is -1.15. The third-order valence-electron chi connectivity index (χ3n) is 2.01. The van der Waals surface area contributed by atoms with Crippen LogP contribution in [0, 0.1) is 0 Å². The minimum absolute atomic E-state index is 0.770. The minimum atomic E-state index is 0.770. The van der Waals surface area contributed by atoms with Crippen molar-refractivity contribution in [3.63, 3.8) is 0 Å². The fraction of sp³-hybridized carbons (Fsp3) is 0.200. The van der Waals surface area contributed by atoms with Crippen molar-refractivity contribution in [3.05, 3.63) is 29.4 Å². The van der Waals surface area contributed by atoms with Crippen LogP contribution in [-0.2, 0) is 0 Å². The lowest BCUT2D eigenvalue weighted by molar-refractivity contribution is 1.22. The SMILES string of the molecule is CCNc1c[nH]c2ccc(Cl)cc12. The average molecular weight is 195 g/mol. The van der Waals surface area contributed by atoms with Gasteiger partial charge < -0.3 is 10.3 Å². The molecule has 0 saturated heterocycles. The molecule has 0 saturated carbocycles. The van der Waals surface area contributed by atoms with Gasteiger partial charge in [-0.1, -0.05) is 11.6 Å². The van der Waals surface area contributed by atoms with E-state index in [0.717, 1.165) is 28.2 Å². The fourth-order valence-corrected chi connectivity index (χ4v) is 1.60. The molecule has 0 radical (unpaired) electrons. The number of hydrogen-bond donors (Lipinski definition) is 2. The van der Waals surface area contributed by atoms with Gasteiger partial charge in [0.1, 0.15) is 0 Å². The van der Waals surface area contributed by atoms with Crippen molar-refractivity contribution in [1.82, 2.24) is 4.98 Å². The summed E-state index contributed by atoms with van der Waals surface area (Å²) in [6, 6.07) is 5.83. The maximum atomic E-state index is 5.91. The third kappa shape index (κ3) is 1.49. The van der Waals surface area contributed by atoms with Gasteiger partial charge in [-0.2, -0.15) is 0 Å². The van der Waals surface area contributed by atoms with E-state index in [1.807, 2.05) is 24.4 Å². The summed E-state index contributed by atoms with van der Waals surface area (Å²) in [4.78, 5) is 3.18. The number of rotatable bonds is 2. The van der Waals surface area contributed by atoms with Crippen molar-refractivity contribution in [2.45, 2.75) is 6.92 Å². The van der Waals surface area contributed by atoms with Crippen LogP contribution >= 0.6 is 11.6 Å². The summed E-state index contributed by atoms with van der Waals surface area (Å²) in [5.74, 6) is 0. The van der Waals surface area contributed by atoms with Crippen LogP contribution in [0.3, 0.4) is 0 Å². The molecular weight excluding hydrogens is 184 g/mol. The first-order valence-corrected chi connectivity index (χ1v) is 4.69. The number of hydrogen-bond acceptors (Lipinski definition) is 1. The number of nitrogens with one attached hydrogen (secondary N) is 2. The molecule has 2 nitrogen and oxygen atoms in total. The van der Waals surface area contributed by atoms with Gasteiger partial charge in [-0.3, -0.25) is 0 Å². The third-order valence-corrected chi connectivity index (χ3v) is 2.25. The predicted octanol–water partition coefficient (Wildman–Crippen LogP) is 3.25. The van der Waals surface area contributed by atoms with Gasteiger partial charge in [0.05, 0.1) is 5.69 Å². The number of anilines is 1. The minimum Gasteiger partial charge on any atom is -0.384 e. The normalized spacial score (nSPS) is 10.6. The monoisotopic (exact) mass is 194 g/mol. The summed E-state index contributed by atoms with van der Waals surface area (Å²) in [6.45, 7) is 2.99. The molecule has 0 spiro atoms. The van der Waals surface area contributed by atoms with Crippen molar-refractivity contribution in [2.24, 2.45) is 0 Å². The summed E-state index contributed by atoms with van der Waals surface area (Å²) in [5.41, 5.74) is 2.22. The standard InChI is InChI=1S/C10H11ClN2/c1-2-12-10-6-13-9-4-3-7(11)5-8(9)10/h3-6,12-13H,2H2,1H3. The molecule has 0 atom stereocenters. The van der Waals surface area contributed by atoms with Crippen molar-refractivity contribution in [3.8, 4) is 0 Å². The molecule has 0 bridgehead atoms. The van der Waals surface area contributed by atoms with Gasteiger partial charge in [-0.05, 0) is 25.1 Å². The molecule has 0 fully saturated rings. The van der Waals surface area contributed by atoms with E-state index in [2.05, 4.69) is 17.2 Å². The highest BCUT2D eigenvalue weighted by Crippen LogP contribution is 2.25. The maximum absolute atomic E-state index is 5.91. The topological polar surface area (TPSA) is 27.8 Å². The first kappa shape index (κ1) is 8.45.